The molecule has 4 amide bonds. The van der Waals surface area contributed by atoms with E-state index in [0.717, 1.165) is 4.90 Å². The summed E-state index contributed by atoms with van der Waals surface area (Å²) >= 11 is 6.30. The summed E-state index contributed by atoms with van der Waals surface area (Å²) in [4.78, 5) is 43.9. The van der Waals surface area contributed by atoms with Crippen LogP contribution in [0, 0.1) is 0 Å². The van der Waals surface area contributed by atoms with E-state index in [0.29, 0.717) is 18.8 Å². The number of anilines is 2. The van der Waals surface area contributed by atoms with E-state index in [-0.39, 0.29) is 34.8 Å². The molecule has 0 radical (unpaired) electrons. The molecule has 0 aliphatic carbocycles. The fraction of sp³-hybridized carbons (Fsp3) is 0.222. The molecular formula is C18H15ClN4O4. The number of hydrogen-bond acceptors (Lipinski definition) is 5. The Morgan fingerprint density at radius 1 is 1.26 bits per heavy atom. The van der Waals surface area contributed by atoms with Crippen LogP contribution in [0.4, 0.5) is 16.2 Å². The Morgan fingerprint density at radius 2 is 2.11 bits per heavy atom. The van der Waals surface area contributed by atoms with Crippen LogP contribution in [0.3, 0.4) is 0 Å². The van der Waals surface area contributed by atoms with Crippen LogP contribution in [0.2, 0.25) is 5.02 Å². The number of halogens is 1. The first-order chi connectivity index (χ1) is 13.1. The molecule has 2 fully saturated rings. The van der Waals surface area contributed by atoms with Crippen LogP contribution in [-0.2, 0) is 9.53 Å². The molecule has 4 rings (SSSR count). The van der Waals surface area contributed by atoms with Crippen LogP contribution in [0.15, 0.2) is 42.6 Å². The number of imide groups is 1. The molecule has 3 heterocycles. The largest absolute Gasteiger partial charge is 0.377 e. The molecule has 0 bridgehead atoms. The van der Waals surface area contributed by atoms with Crippen LogP contribution in [0.25, 0.3) is 0 Å². The highest BCUT2D eigenvalue weighted by Gasteiger charge is 2.47. The van der Waals surface area contributed by atoms with Gasteiger partial charge in [-0.15, -0.1) is 0 Å². The van der Waals surface area contributed by atoms with E-state index in [9.17, 15) is 14.4 Å². The first-order valence-corrected chi connectivity index (χ1v) is 8.68. The Kier molecular flexibility index (Phi) is 4.51. The van der Waals surface area contributed by atoms with E-state index in [4.69, 9.17) is 16.3 Å². The van der Waals surface area contributed by atoms with Gasteiger partial charge in [0.15, 0.2) is 0 Å². The van der Waals surface area contributed by atoms with E-state index >= 15 is 0 Å². The van der Waals surface area contributed by atoms with Gasteiger partial charge < -0.3 is 15.0 Å². The van der Waals surface area contributed by atoms with Gasteiger partial charge in [0, 0.05) is 18.4 Å². The van der Waals surface area contributed by atoms with Crippen molar-refractivity contribution in [3.05, 3.63) is 53.3 Å². The molecule has 1 aromatic carbocycles. The van der Waals surface area contributed by atoms with Crippen molar-refractivity contribution in [1.29, 1.82) is 0 Å². The lowest BCUT2D eigenvalue weighted by molar-refractivity contribution is -0.123. The zero-order valence-corrected chi connectivity index (χ0v) is 14.8. The van der Waals surface area contributed by atoms with Gasteiger partial charge >= 0.3 is 6.03 Å². The predicted octanol–water partition coefficient (Wildman–Crippen LogP) is 2.15. The Balaban J connectivity index is 1.56. The number of hydrogen-bond donors (Lipinski definition) is 1. The monoisotopic (exact) mass is 386 g/mol. The number of rotatable bonds is 3. The highest BCUT2D eigenvalue weighted by atomic mass is 35.5. The van der Waals surface area contributed by atoms with Crippen molar-refractivity contribution in [2.24, 2.45) is 0 Å². The van der Waals surface area contributed by atoms with Gasteiger partial charge in [0.1, 0.15) is 11.7 Å². The summed E-state index contributed by atoms with van der Waals surface area (Å²) in [5.41, 5.74) is 0.968. The molecule has 138 valence electrons. The molecule has 1 N–H and O–H groups in total. The van der Waals surface area contributed by atoms with Crippen LogP contribution in [0.1, 0.15) is 10.5 Å². The molecule has 2 aliphatic rings. The zero-order chi connectivity index (χ0) is 19.0. The number of aromatic nitrogens is 1. The fourth-order valence-electron chi connectivity index (χ4n) is 3.09. The number of carbonyl (C=O) groups excluding carboxylic acids is 3. The van der Waals surface area contributed by atoms with E-state index in [1.165, 1.54) is 23.2 Å². The number of benzene rings is 1. The molecule has 0 saturated carbocycles. The Hall–Kier alpha value is -2.97. The van der Waals surface area contributed by atoms with Crippen molar-refractivity contribution < 1.29 is 19.1 Å². The topological polar surface area (TPSA) is 91.8 Å². The highest BCUT2D eigenvalue weighted by molar-refractivity contribution is 6.36. The highest BCUT2D eigenvalue weighted by Crippen LogP contribution is 2.34. The summed E-state index contributed by atoms with van der Waals surface area (Å²) in [5.74, 6) is -0.756. The van der Waals surface area contributed by atoms with Gasteiger partial charge in [-0.25, -0.2) is 9.69 Å². The molecule has 2 aliphatic heterocycles. The first-order valence-electron chi connectivity index (χ1n) is 8.30. The molecule has 27 heavy (non-hydrogen) atoms. The average molecular weight is 387 g/mol. The van der Waals surface area contributed by atoms with Crippen LogP contribution < -0.4 is 10.2 Å². The summed E-state index contributed by atoms with van der Waals surface area (Å²) < 4.78 is 5.29. The number of amides is 4. The number of urea groups is 1. The normalized spacial score (nSPS) is 19.2. The molecule has 2 saturated heterocycles. The maximum atomic E-state index is 12.6. The van der Waals surface area contributed by atoms with Crippen LogP contribution in [0.5, 0.6) is 0 Å². The number of nitrogens with zero attached hydrogens (tertiary/aromatic N) is 3. The summed E-state index contributed by atoms with van der Waals surface area (Å²) in [6.45, 7) is 0.939. The second kappa shape index (κ2) is 6.98. The second-order valence-corrected chi connectivity index (χ2v) is 6.48. The third-order valence-electron chi connectivity index (χ3n) is 4.41. The lowest BCUT2D eigenvalue weighted by atomic mass is 10.2. The molecule has 8 nitrogen and oxygen atoms in total. The molecule has 1 unspecified atom stereocenters. The minimum absolute atomic E-state index is 0.177. The summed E-state index contributed by atoms with van der Waals surface area (Å²) in [6, 6.07) is 8.58. The second-order valence-electron chi connectivity index (χ2n) is 6.08. The number of morpholine rings is 1. The number of nitrogens with one attached hydrogen (secondary N) is 1. The third-order valence-corrected chi connectivity index (χ3v) is 4.72. The van der Waals surface area contributed by atoms with Crippen molar-refractivity contribution >= 4 is 40.8 Å². The fourth-order valence-corrected chi connectivity index (χ4v) is 3.35. The van der Waals surface area contributed by atoms with Crippen molar-refractivity contribution in [2.75, 3.05) is 30.0 Å². The van der Waals surface area contributed by atoms with Crippen molar-refractivity contribution in [3.63, 3.8) is 0 Å². The van der Waals surface area contributed by atoms with Gasteiger partial charge in [-0.1, -0.05) is 17.7 Å². The lowest BCUT2D eigenvalue weighted by Gasteiger charge is -2.26. The first kappa shape index (κ1) is 17.4. The predicted molar refractivity (Wildman–Crippen MR) is 97.8 cm³/mol. The summed E-state index contributed by atoms with van der Waals surface area (Å²) in [7, 11) is 0. The maximum absolute atomic E-state index is 12.6. The van der Waals surface area contributed by atoms with Gasteiger partial charge in [-0.3, -0.25) is 14.6 Å². The third kappa shape index (κ3) is 3.13. The van der Waals surface area contributed by atoms with Gasteiger partial charge in [-0.05, 0) is 30.3 Å². The van der Waals surface area contributed by atoms with E-state index in [1.807, 2.05) is 0 Å². The van der Waals surface area contributed by atoms with E-state index in [1.54, 1.807) is 24.3 Å². The summed E-state index contributed by atoms with van der Waals surface area (Å²) in [6.07, 6.45) is 1.52. The molecule has 2 aromatic rings. The molecule has 1 atom stereocenters. The number of carbonyl (C=O) groups is 3. The SMILES string of the molecule is O=C(Nc1ccc(N2C(=O)C3COCCN3C2=O)c(Cl)c1)c1ccccn1. The van der Waals surface area contributed by atoms with Crippen LogP contribution in [-0.4, -0.2) is 53.5 Å². The van der Waals surface area contributed by atoms with Gasteiger partial charge in [0.05, 0.1) is 23.9 Å². The number of fused-ring (bicyclic) bond motifs is 1. The maximum Gasteiger partial charge on any atom is 0.332 e. The Labute approximate surface area is 159 Å². The lowest BCUT2D eigenvalue weighted by Crippen LogP contribution is -2.45. The Morgan fingerprint density at radius 3 is 2.81 bits per heavy atom. The molecular weight excluding hydrogens is 372 g/mol. The minimum atomic E-state index is -0.620. The van der Waals surface area contributed by atoms with Crippen molar-refractivity contribution in [2.45, 2.75) is 6.04 Å². The van der Waals surface area contributed by atoms with Gasteiger partial charge in [0.2, 0.25) is 0 Å². The molecule has 1 aromatic heterocycles. The standard InChI is InChI=1S/C18H15ClN4O4/c19-12-9-11(21-16(24)13-3-1-2-6-20-13)4-5-14(12)23-17(25)15-10-27-8-7-22(15)18(23)26/h1-6,9,15H,7-8,10H2,(H,21,24). The van der Waals surface area contributed by atoms with Gasteiger partial charge in [-0.2, -0.15) is 0 Å². The van der Waals surface area contributed by atoms with E-state index in [2.05, 4.69) is 10.3 Å². The molecule has 9 heteroatoms. The smallest absolute Gasteiger partial charge is 0.332 e. The van der Waals surface area contributed by atoms with Crippen molar-refractivity contribution in [1.82, 2.24) is 9.88 Å². The molecule has 0 spiro atoms. The quantitative estimate of drug-likeness (QED) is 0.816. The minimum Gasteiger partial charge on any atom is -0.377 e. The number of pyridine rings is 1. The zero-order valence-electron chi connectivity index (χ0n) is 14.1. The van der Waals surface area contributed by atoms with Gasteiger partial charge in [0.25, 0.3) is 11.8 Å². The van der Waals surface area contributed by atoms with Crippen LogP contribution >= 0.6 is 11.6 Å². The number of ether oxygens (including phenoxy) is 1. The van der Waals surface area contributed by atoms with Crippen molar-refractivity contribution in [3.8, 4) is 0 Å². The summed E-state index contributed by atoms with van der Waals surface area (Å²) in [5, 5.41) is 2.86. The van der Waals surface area contributed by atoms with E-state index < -0.39 is 12.1 Å². The average Bonchev–Trinajstić information content (AvgIpc) is 2.94. The Bertz CT molecular complexity index is 897.